The molecule has 0 radical (unpaired) electrons. The van der Waals surface area contributed by atoms with Gasteiger partial charge >= 0.3 is 0 Å². The van der Waals surface area contributed by atoms with Crippen molar-refractivity contribution in [3.8, 4) is 0 Å². The Balaban J connectivity index is 1.70. The first-order valence-electron chi connectivity index (χ1n) is 9.03. The number of hydrogen-bond donors (Lipinski definition) is 2. The monoisotopic (exact) mass is 388 g/mol. The minimum atomic E-state index is 0.169. The van der Waals surface area contributed by atoms with Crippen LogP contribution in [0.2, 0.25) is 10.0 Å². The summed E-state index contributed by atoms with van der Waals surface area (Å²) >= 11 is 12.3. The summed E-state index contributed by atoms with van der Waals surface area (Å²) in [4.78, 5) is 4.81. The highest BCUT2D eigenvalue weighted by Crippen LogP contribution is 2.27. The molecule has 1 aromatic heterocycles. The molecule has 0 unspecified atom stereocenters. The first-order chi connectivity index (χ1) is 12.6. The molecule has 0 aliphatic heterocycles. The molecule has 1 saturated carbocycles. The quantitative estimate of drug-likeness (QED) is 0.655. The molecule has 1 heterocycles. The molecule has 1 fully saturated rings. The fourth-order valence-corrected chi connectivity index (χ4v) is 3.99. The minimum absolute atomic E-state index is 0.169. The van der Waals surface area contributed by atoms with Crippen molar-refractivity contribution < 1.29 is 0 Å². The van der Waals surface area contributed by atoms with Crippen molar-refractivity contribution in [2.75, 3.05) is 5.32 Å². The van der Waals surface area contributed by atoms with Crippen LogP contribution in [0.1, 0.15) is 31.2 Å². The molecule has 3 N–H and O–H groups in total. The maximum absolute atomic E-state index is 6.33. The Labute approximate surface area is 163 Å². The number of imidazole rings is 1. The highest BCUT2D eigenvalue weighted by atomic mass is 35.5. The molecule has 1 aliphatic carbocycles. The van der Waals surface area contributed by atoms with Crippen molar-refractivity contribution in [3.63, 3.8) is 0 Å². The number of anilines is 1. The number of rotatable bonds is 4. The molecule has 2 aromatic carbocycles. The van der Waals surface area contributed by atoms with Gasteiger partial charge in [0, 0.05) is 12.1 Å². The second kappa shape index (κ2) is 7.47. The van der Waals surface area contributed by atoms with E-state index < -0.39 is 0 Å². The molecule has 0 spiro atoms. The number of benzene rings is 2. The summed E-state index contributed by atoms with van der Waals surface area (Å²) in [6.45, 7) is 0.668. The Hall–Kier alpha value is -1.75. The largest absolute Gasteiger partial charge is 0.351 e. The lowest BCUT2D eigenvalue weighted by atomic mass is 9.91. The van der Waals surface area contributed by atoms with Gasteiger partial charge in [0.1, 0.15) is 0 Å². The lowest BCUT2D eigenvalue weighted by molar-refractivity contribution is 0.401. The summed E-state index contributed by atoms with van der Waals surface area (Å²) in [6, 6.07) is 14.3. The van der Waals surface area contributed by atoms with Gasteiger partial charge in [-0.05, 0) is 42.7 Å². The molecular formula is C20H22Cl2N4. The highest BCUT2D eigenvalue weighted by molar-refractivity contribution is 6.42. The SMILES string of the molecule is N[C@@H]1CCCC[C@@H]1Nc1nc2ccccc2n1Cc1ccc(Cl)c(Cl)c1. The Kier molecular flexibility index (Phi) is 5.07. The van der Waals surface area contributed by atoms with Gasteiger partial charge in [0.15, 0.2) is 0 Å². The van der Waals surface area contributed by atoms with Gasteiger partial charge < -0.3 is 15.6 Å². The van der Waals surface area contributed by atoms with Crippen molar-refractivity contribution in [3.05, 3.63) is 58.1 Å². The summed E-state index contributed by atoms with van der Waals surface area (Å²) < 4.78 is 2.19. The van der Waals surface area contributed by atoms with E-state index >= 15 is 0 Å². The van der Waals surface area contributed by atoms with E-state index in [1.54, 1.807) is 0 Å². The summed E-state index contributed by atoms with van der Waals surface area (Å²) in [5, 5.41) is 4.74. The maximum Gasteiger partial charge on any atom is 0.204 e. The first kappa shape index (κ1) is 17.7. The molecule has 2 atom stereocenters. The van der Waals surface area contributed by atoms with Crippen LogP contribution in [0.3, 0.4) is 0 Å². The van der Waals surface area contributed by atoms with Crippen molar-refractivity contribution in [1.29, 1.82) is 0 Å². The van der Waals surface area contributed by atoms with Crippen LogP contribution in [-0.4, -0.2) is 21.6 Å². The van der Waals surface area contributed by atoms with Crippen LogP contribution in [0.5, 0.6) is 0 Å². The molecular weight excluding hydrogens is 367 g/mol. The predicted octanol–water partition coefficient (Wildman–Crippen LogP) is 5.07. The smallest absolute Gasteiger partial charge is 0.204 e. The van der Waals surface area contributed by atoms with Gasteiger partial charge in [-0.25, -0.2) is 4.98 Å². The minimum Gasteiger partial charge on any atom is -0.351 e. The second-order valence-corrected chi connectivity index (χ2v) is 7.77. The maximum atomic E-state index is 6.33. The normalized spacial score (nSPS) is 20.4. The van der Waals surface area contributed by atoms with Gasteiger partial charge in [0.05, 0.1) is 27.6 Å². The topological polar surface area (TPSA) is 55.9 Å². The van der Waals surface area contributed by atoms with Crippen LogP contribution in [0, 0.1) is 0 Å². The zero-order valence-electron chi connectivity index (χ0n) is 14.5. The van der Waals surface area contributed by atoms with Gasteiger partial charge in [-0.3, -0.25) is 0 Å². The summed E-state index contributed by atoms with van der Waals surface area (Å²) in [6.07, 6.45) is 4.55. The molecule has 1 aliphatic rings. The molecule has 4 nitrogen and oxygen atoms in total. The van der Waals surface area contributed by atoms with Crippen molar-refractivity contribution in [1.82, 2.24) is 9.55 Å². The summed E-state index contributed by atoms with van der Waals surface area (Å²) in [5.41, 5.74) is 9.47. The fraction of sp³-hybridized carbons (Fsp3) is 0.350. The van der Waals surface area contributed by atoms with Crippen molar-refractivity contribution >= 4 is 40.2 Å². The number of para-hydroxylation sites is 2. The fourth-order valence-electron chi connectivity index (χ4n) is 3.67. The first-order valence-corrected chi connectivity index (χ1v) is 9.79. The average Bonchev–Trinajstić information content (AvgIpc) is 2.98. The third-order valence-corrected chi connectivity index (χ3v) is 5.85. The van der Waals surface area contributed by atoms with Gasteiger partial charge in [0.25, 0.3) is 0 Å². The Bertz CT molecular complexity index is 921. The van der Waals surface area contributed by atoms with E-state index in [0.717, 1.165) is 35.4 Å². The number of hydrogen-bond acceptors (Lipinski definition) is 3. The lowest BCUT2D eigenvalue weighted by Gasteiger charge is -2.29. The van der Waals surface area contributed by atoms with E-state index in [1.165, 1.54) is 12.8 Å². The number of nitrogens with one attached hydrogen (secondary N) is 1. The van der Waals surface area contributed by atoms with Crippen LogP contribution < -0.4 is 11.1 Å². The van der Waals surface area contributed by atoms with Gasteiger partial charge in [-0.15, -0.1) is 0 Å². The van der Waals surface area contributed by atoms with Gasteiger partial charge in [-0.2, -0.15) is 0 Å². The Morgan fingerprint density at radius 1 is 1.08 bits per heavy atom. The second-order valence-electron chi connectivity index (χ2n) is 6.96. The lowest BCUT2D eigenvalue weighted by Crippen LogP contribution is -2.43. The number of nitrogens with zero attached hydrogens (tertiary/aromatic N) is 2. The summed E-state index contributed by atoms with van der Waals surface area (Å²) in [5.74, 6) is 0.861. The van der Waals surface area contributed by atoms with Crippen LogP contribution in [0.15, 0.2) is 42.5 Å². The molecule has 4 rings (SSSR count). The molecule has 26 heavy (non-hydrogen) atoms. The zero-order chi connectivity index (χ0) is 18.1. The molecule has 3 aromatic rings. The van der Waals surface area contributed by atoms with Crippen LogP contribution >= 0.6 is 23.2 Å². The predicted molar refractivity (Wildman–Crippen MR) is 109 cm³/mol. The molecule has 0 saturated heterocycles. The molecule has 0 amide bonds. The number of fused-ring (bicyclic) bond motifs is 1. The molecule has 6 heteroatoms. The number of nitrogens with two attached hydrogens (primary N) is 1. The van der Waals surface area contributed by atoms with Crippen molar-refractivity contribution in [2.45, 2.75) is 44.3 Å². The van der Waals surface area contributed by atoms with Crippen LogP contribution in [0.25, 0.3) is 11.0 Å². The van der Waals surface area contributed by atoms with E-state index in [9.17, 15) is 0 Å². The van der Waals surface area contributed by atoms with Crippen LogP contribution in [0.4, 0.5) is 5.95 Å². The van der Waals surface area contributed by atoms with E-state index in [2.05, 4.69) is 16.0 Å². The van der Waals surface area contributed by atoms with E-state index in [4.69, 9.17) is 33.9 Å². The third kappa shape index (κ3) is 3.54. The zero-order valence-corrected chi connectivity index (χ0v) is 16.0. The average molecular weight is 389 g/mol. The standard InChI is InChI=1S/C20H22Cl2N4/c21-14-10-9-13(11-15(14)22)12-26-19-8-4-3-7-18(19)25-20(26)24-17-6-2-1-5-16(17)23/h3-4,7-11,16-17H,1-2,5-6,12,23H2,(H,24,25)/t16-,17+/m1/s1. The van der Waals surface area contributed by atoms with E-state index in [1.807, 2.05) is 36.4 Å². The van der Waals surface area contributed by atoms with Crippen molar-refractivity contribution in [2.24, 2.45) is 5.73 Å². The number of halogens is 2. The molecule has 136 valence electrons. The van der Waals surface area contributed by atoms with Gasteiger partial charge in [-0.1, -0.05) is 54.2 Å². The molecule has 0 bridgehead atoms. The summed E-state index contributed by atoms with van der Waals surface area (Å²) in [7, 11) is 0. The van der Waals surface area contributed by atoms with Gasteiger partial charge in [0.2, 0.25) is 5.95 Å². The van der Waals surface area contributed by atoms with Crippen LogP contribution in [-0.2, 0) is 6.54 Å². The highest BCUT2D eigenvalue weighted by Gasteiger charge is 2.23. The van der Waals surface area contributed by atoms with E-state index in [-0.39, 0.29) is 12.1 Å². The number of aromatic nitrogens is 2. The Morgan fingerprint density at radius 2 is 1.88 bits per heavy atom. The Morgan fingerprint density at radius 3 is 2.69 bits per heavy atom. The van der Waals surface area contributed by atoms with E-state index in [0.29, 0.717) is 16.6 Å². The third-order valence-electron chi connectivity index (χ3n) is 5.11.